The highest BCUT2D eigenvalue weighted by Gasteiger charge is 2.21. The van der Waals surface area contributed by atoms with Crippen LogP contribution in [-0.4, -0.2) is 26.4 Å². The maximum atomic E-state index is 12.6. The van der Waals surface area contributed by atoms with Gasteiger partial charge in [0, 0.05) is 0 Å². The Kier molecular flexibility index (Phi) is 10.6. The zero-order chi connectivity index (χ0) is 25.6. The van der Waals surface area contributed by atoms with Gasteiger partial charge in [-0.25, -0.2) is 4.79 Å². The van der Waals surface area contributed by atoms with E-state index in [9.17, 15) is 4.79 Å². The first-order chi connectivity index (χ1) is 17.7. The molecule has 0 saturated carbocycles. The Labute approximate surface area is 213 Å². The summed E-state index contributed by atoms with van der Waals surface area (Å²) in [6, 6.07) is 24.9. The fraction of sp³-hybridized carbons (Fsp3) is 0.267. The van der Waals surface area contributed by atoms with Gasteiger partial charge in [-0.05, 0) is 48.2 Å². The molecule has 0 saturated heterocycles. The number of ether oxygens (including phenoxy) is 3. The predicted molar refractivity (Wildman–Crippen MR) is 142 cm³/mol. The summed E-state index contributed by atoms with van der Waals surface area (Å²) >= 11 is 0. The number of oxime groups is 1. The summed E-state index contributed by atoms with van der Waals surface area (Å²) in [5, 5.41) is 4.07. The Balaban J connectivity index is 1.80. The molecule has 0 atom stereocenters. The van der Waals surface area contributed by atoms with Crippen LogP contribution >= 0.6 is 0 Å². The van der Waals surface area contributed by atoms with Gasteiger partial charge in [-0.3, -0.25) is 0 Å². The lowest BCUT2D eigenvalue weighted by atomic mass is 10.0. The second-order valence-electron chi connectivity index (χ2n) is 8.12. The van der Waals surface area contributed by atoms with E-state index in [0.717, 1.165) is 30.4 Å². The van der Waals surface area contributed by atoms with Gasteiger partial charge in [-0.2, -0.15) is 0 Å². The number of unbranched alkanes of at least 4 members (excludes halogenated alkanes) is 2. The lowest BCUT2D eigenvalue weighted by Gasteiger charge is -2.17. The second-order valence-corrected chi connectivity index (χ2v) is 8.12. The lowest BCUT2D eigenvalue weighted by molar-refractivity contribution is -0.136. The fourth-order valence-corrected chi connectivity index (χ4v) is 3.69. The molecule has 0 N–H and O–H groups in total. The molecule has 0 aromatic heterocycles. The topological polar surface area (TPSA) is 66.4 Å². The van der Waals surface area contributed by atoms with Crippen molar-refractivity contribution in [3.05, 3.63) is 101 Å². The molecule has 36 heavy (non-hydrogen) atoms. The lowest BCUT2D eigenvalue weighted by Crippen LogP contribution is -2.09. The molecule has 6 heteroatoms. The zero-order valence-electron chi connectivity index (χ0n) is 21.1. The highest BCUT2D eigenvalue weighted by molar-refractivity contribution is 5.96. The zero-order valence-corrected chi connectivity index (χ0v) is 21.1. The third-order valence-corrected chi connectivity index (χ3v) is 5.51. The molecule has 0 heterocycles. The van der Waals surface area contributed by atoms with E-state index >= 15 is 0 Å². The summed E-state index contributed by atoms with van der Waals surface area (Å²) < 4.78 is 17.0. The molecule has 188 valence electrons. The molecule has 0 aliphatic heterocycles. The molecule has 3 aromatic carbocycles. The summed E-state index contributed by atoms with van der Waals surface area (Å²) in [6.45, 7) is 2.52. The Morgan fingerprint density at radius 3 is 2.42 bits per heavy atom. The first-order valence-corrected chi connectivity index (χ1v) is 12.1. The van der Waals surface area contributed by atoms with Crippen molar-refractivity contribution in [2.75, 3.05) is 14.2 Å². The average Bonchev–Trinajstić information content (AvgIpc) is 2.92. The number of hydrogen-bond donors (Lipinski definition) is 0. The molecular formula is C30H33NO5. The highest BCUT2D eigenvalue weighted by Crippen LogP contribution is 2.34. The van der Waals surface area contributed by atoms with Crippen LogP contribution in [0, 0.1) is 0 Å². The molecule has 0 bridgehead atoms. The number of hydrogen-bond acceptors (Lipinski definition) is 6. The third kappa shape index (κ3) is 7.73. The average molecular weight is 488 g/mol. The van der Waals surface area contributed by atoms with Crippen LogP contribution in [0.15, 0.2) is 89.6 Å². The molecule has 0 aliphatic rings. The van der Waals surface area contributed by atoms with Gasteiger partial charge in [-0.1, -0.05) is 79.5 Å². The van der Waals surface area contributed by atoms with Crippen LogP contribution in [0.3, 0.4) is 0 Å². The number of methoxy groups -OCH3 is 2. The number of carbonyl (C=O) groups is 1. The summed E-state index contributed by atoms with van der Waals surface area (Å²) in [5.74, 6) is 1.25. The quantitative estimate of drug-likeness (QED) is 0.0640. The van der Waals surface area contributed by atoms with E-state index in [0.29, 0.717) is 41.4 Å². The second kappa shape index (κ2) is 14.4. The van der Waals surface area contributed by atoms with Crippen molar-refractivity contribution >= 4 is 17.9 Å². The number of para-hydroxylation sites is 1. The molecule has 6 nitrogen and oxygen atoms in total. The minimum absolute atomic E-state index is 0.397. The van der Waals surface area contributed by atoms with Crippen molar-refractivity contribution < 1.29 is 23.8 Å². The monoisotopic (exact) mass is 487 g/mol. The Hall–Kier alpha value is -4.06. The number of benzene rings is 3. The molecule has 0 spiro atoms. The molecule has 0 aliphatic carbocycles. The Morgan fingerprint density at radius 1 is 0.889 bits per heavy atom. The highest BCUT2D eigenvalue weighted by atomic mass is 16.6. The van der Waals surface area contributed by atoms with Crippen LogP contribution in [-0.2, 0) is 25.7 Å². The van der Waals surface area contributed by atoms with E-state index in [4.69, 9.17) is 19.0 Å². The van der Waals surface area contributed by atoms with Crippen LogP contribution in [0.4, 0.5) is 0 Å². The molecular weight excluding hydrogens is 454 g/mol. The molecule has 3 rings (SSSR count). The largest absolute Gasteiger partial charge is 0.495 e. The van der Waals surface area contributed by atoms with Crippen LogP contribution < -0.4 is 4.74 Å². The van der Waals surface area contributed by atoms with Crippen molar-refractivity contribution in [3.63, 3.8) is 0 Å². The van der Waals surface area contributed by atoms with Gasteiger partial charge in [-0.15, -0.1) is 0 Å². The van der Waals surface area contributed by atoms with Crippen molar-refractivity contribution in [2.24, 2.45) is 5.16 Å². The normalized spacial score (nSPS) is 11.6. The van der Waals surface area contributed by atoms with E-state index in [1.165, 1.54) is 7.11 Å². The maximum Gasteiger partial charge on any atom is 0.337 e. The van der Waals surface area contributed by atoms with Crippen LogP contribution in [0.1, 0.15) is 49.3 Å². The van der Waals surface area contributed by atoms with Crippen LogP contribution in [0.2, 0.25) is 0 Å². The summed E-state index contributed by atoms with van der Waals surface area (Å²) in [7, 11) is 2.94. The summed E-state index contributed by atoms with van der Waals surface area (Å²) in [4.78, 5) is 18.0. The van der Waals surface area contributed by atoms with Crippen LogP contribution in [0.5, 0.6) is 11.5 Å². The maximum absolute atomic E-state index is 12.6. The smallest absolute Gasteiger partial charge is 0.337 e. The van der Waals surface area contributed by atoms with Crippen molar-refractivity contribution in [1.82, 2.24) is 0 Å². The minimum atomic E-state index is -0.397. The van der Waals surface area contributed by atoms with E-state index in [2.05, 4.69) is 12.1 Å². The first kappa shape index (κ1) is 26.5. The van der Waals surface area contributed by atoms with Crippen molar-refractivity contribution in [3.8, 4) is 11.5 Å². The van der Waals surface area contributed by atoms with Gasteiger partial charge in [0.1, 0.15) is 23.9 Å². The van der Waals surface area contributed by atoms with Crippen molar-refractivity contribution in [1.29, 1.82) is 0 Å². The molecule has 0 amide bonds. The first-order valence-electron chi connectivity index (χ1n) is 12.1. The van der Waals surface area contributed by atoms with Gasteiger partial charge in [0.05, 0.1) is 31.6 Å². The number of carbonyl (C=O) groups excluding carboxylic acids is 1. The van der Waals surface area contributed by atoms with E-state index in [1.807, 2.05) is 78.9 Å². The minimum Gasteiger partial charge on any atom is -0.495 e. The molecule has 0 radical (unpaired) electrons. The van der Waals surface area contributed by atoms with E-state index in [-0.39, 0.29) is 0 Å². The van der Waals surface area contributed by atoms with E-state index < -0.39 is 5.97 Å². The fourth-order valence-electron chi connectivity index (χ4n) is 3.69. The number of esters is 1. The van der Waals surface area contributed by atoms with Gasteiger partial charge in [0.25, 0.3) is 0 Å². The Bertz CT molecular complexity index is 1170. The van der Waals surface area contributed by atoms with Gasteiger partial charge >= 0.3 is 5.97 Å². The molecule has 3 aromatic rings. The SMILES string of the molecule is CCCCCC(C(=O)OC)=C(OC)c1ccccc1Oc1cccc(C=NOCc2ccccc2)c1. The third-order valence-electron chi connectivity index (χ3n) is 5.51. The van der Waals surface area contributed by atoms with E-state index in [1.54, 1.807) is 13.3 Å². The molecule has 0 fully saturated rings. The van der Waals surface area contributed by atoms with Gasteiger partial charge in [0.15, 0.2) is 0 Å². The van der Waals surface area contributed by atoms with Crippen molar-refractivity contribution in [2.45, 2.75) is 39.2 Å². The molecule has 0 unspecified atom stereocenters. The summed E-state index contributed by atoms with van der Waals surface area (Å²) in [5.41, 5.74) is 3.06. The number of nitrogens with zero attached hydrogens (tertiary/aromatic N) is 1. The van der Waals surface area contributed by atoms with Crippen LogP contribution in [0.25, 0.3) is 5.76 Å². The summed E-state index contributed by atoms with van der Waals surface area (Å²) in [6.07, 6.45) is 5.13. The number of rotatable bonds is 13. The van der Waals surface area contributed by atoms with Gasteiger partial charge in [0.2, 0.25) is 0 Å². The standard InChI is InChI=1S/C30H33NO5/c1-4-5-7-18-27(30(32)34-3)29(33-2)26-17-10-11-19-28(26)36-25-16-12-15-24(20-25)21-31-35-22-23-13-8-6-9-14-23/h6,8-17,19-21H,4-5,7,18,22H2,1-3H3. The van der Waals surface area contributed by atoms with Gasteiger partial charge < -0.3 is 19.0 Å². The Morgan fingerprint density at radius 2 is 1.67 bits per heavy atom. The predicted octanol–water partition coefficient (Wildman–Crippen LogP) is 7.14.